The summed E-state index contributed by atoms with van der Waals surface area (Å²) in [6.45, 7) is 3.24. The van der Waals surface area contributed by atoms with Gasteiger partial charge in [0.25, 0.3) is 5.91 Å². The van der Waals surface area contributed by atoms with Crippen LogP contribution in [0.15, 0.2) is 54.1 Å². The SMILES string of the molecule is Cc1ccc(/C=C(\C#N)C(=O)N2CCc3ccccc3C2)cc1. The van der Waals surface area contributed by atoms with E-state index in [0.29, 0.717) is 13.1 Å². The van der Waals surface area contributed by atoms with Crippen LogP contribution >= 0.6 is 0 Å². The lowest BCUT2D eigenvalue weighted by Gasteiger charge is -2.28. The standard InChI is InChI=1S/C20H18N2O/c1-15-6-8-16(9-7-15)12-19(13-21)20(23)22-11-10-17-4-2-3-5-18(17)14-22/h2-9,12H,10-11,14H2,1H3/b19-12+. The zero-order valence-electron chi connectivity index (χ0n) is 13.1. The highest BCUT2D eigenvalue weighted by atomic mass is 16.2. The molecule has 3 nitrogen and oxygen atoms in total. The molecule has 114 valence electrons. The Labute approximate surface area is 136 Å². The van der Waals surface area contributed by atoms with E-state index in [4.69, 9.17) is 0 Å². The van der Waals surface area contributed by atoms with Crippen LogP contribution in [0.1, 0.15) is 22.3 Å². The molecule has 0 fully saturated rings. The third kappa shape index (κ3) is 3.32. The first-order valence-corrected chi connectivity index (χ1v) is 7.72. The van der Waals surface area contributed by atoms with Crippen LogP contribution in [0.3, 0.4) is 0 Å². The van der Waals surface area contributed by atoms with Gasteiger partial charge in [-0.05, 0) is 36.1 Å². The van der Waals surface area contributed by atoms with Gasteiger partial charge in [0.05, 0.1) is 0 Å². The number of fused-ring (bicyclic) bond motifs is 1. The minimum atomic E-state index is -0.192. The van der Waals surface area contributed by atoms with E-state index in [2.05, 4.69) is 12.1 Å². The van der Waals surface area contributed by atoms with Crippen molar-refractivity contribution in [3.63, 3.8) is 0 Å². The largest absolute Gasteiger partial charge is 0.333 e. The molecule has 3 heteroatoms. The lowest BCUT2D eigenvalue weighted by molar-refractivity contribution is -0.127. The van der Waals surface area contributed by atoms with Crippen LogP contribution in [0.5, 0.6) is 0 Å². The van der Waals surface area contributed by atoms with Gasteiger partial charge in [0.15, 0.2) is 0 Å². The Hall–Kier alpha value is -2.86. The van der Waals surface area contributed by atoms with E-state index in [-0.39, 0.29) is 11.5 Å². The highest BCUT2D eigenvalue weighted by molar-refractivity contribution is 6.01. The maximum Gasteiger partial charge on any atom is 0.264 e. The number of amides is 1. The molecular formula is C20H18N2O. The van der Waals surface area contributed by atoms with E-state index in [1.165, 1.54) is 11.1 Å². The Bertz CT molecular complexity index is 797. The van der Waals surface area contributed by atoms with Gasteiger partial charge in [-0.15, -0.1) is 0 Å². The van der Waals surface area contributed by atoms with Gasteiger partial charge in [-0.25, -0.2) is 0 Å². The van der Waals surface area contributed by atoms with Gasteiger partial charge in [-0.2, -0.15) is 5.26 Å². The molecule has 0 spiro atoms. The second kappa shape index (κ2) is 6.50. The fraction of sp³-hybridized carbons (Fsp3) is 0.200. The molecular weight excluding hydrogens is 284 g/mol. The van der Waals surface area contributed by atoms with Crippen molar-refractivity contribution in [2.24, 2.45) is 0 Å². The summed E-state index contributed by atoms with van der Waals surface area (Å²) in [5.41, 5.74) is 4.67. The molecule has 0 atom stereocenters. The molecule has 0 radical (unpaired) electrons. The average Bonchev–Trinajstić information content (AvgIpc) is 2.60. The first kappa shape index (κ1) is 15.1. The van der Waals surface area contributed by atoms with Crippen molar-refractivity contribution in [3.8, 4) is 6.07 Å². The van der Waals surface area contributed by atoms with Gasteiger partial charge < -0.3 is 4.90 Å². The topological polar surface area (TPSA) is 44.1 Å². The third-order valence-corrected chi connectivity index (χ3v) is 4.16. The smallest absolute Gasteiger partial charge is 0.264 e. The maximum absolute atomic E-state index is 12.6. The van der Waals surface area contributed by atoms with Gasteiger partial charge in [-0.1, -0.05) is 54.1 Å². The van der Waals surface area contributed by atoms with Gasteiger partial charge >= 0.3 is 0 Å². The summed E-state index contributed by atoms with van der Waals surface area (Å²) in [6, 6.07) is 18.0. The van der Waals surface area contributed by atoms with Crippen molar-refractivity contribution < 1.29 is 4.79 Å². The monoisotopic (exact) mass is 302 g/mol. The first-order chi connectivity index (χ1) is 11.2. The number of carbonyl (C=O) groups excluding carboxylic acids is 1. The summed E-state index contributed by atoms with van der Waals surface area (Å²) < 4.78 is 0. The van der Waals surface area contributed by atoms with Gasteiger partial charge in [0.1, 0.15) is 11.6 Å². The van der Waals surface area contributed by atoms with Crippen LogP contribution in [0.25, 0.3) is 6.08 Å². The molecule has 0 saturated carbocycles. The van der Waals surface area contributed by atoms with Crippen LogP contribution in [-0.2, 0) is 17.8 Å². The van der Waals surface area contributed by atoms with Crippen LogP contribution in [0, 0.1) is 18.3 Å². The molecule has 1 heterocycles. The average molecular weight is 302 g/mol. The normalized spacial score (nSPS) is 14.1. The van der Waals surface area contributed by atoms with E-state index in [1.54, 1.807) is 11.0 Å². The Morgan fingerprint density at radius 3 is 2.52 bits per heavy atom. The highest BCUT2D eigenvalue weighted by Gasteiger charge is 2.23. The molecule has 0 aromatic heterocycles. The summed E-state index contributed by atoms with van der Waals surface area (Å²) in [6.07, 6.45) is 2.51. The number of hydrogen-bond donors (Lipinski definition) is 0. The molecule has 3 rings (SSSR count). The van der Waals surface area contributed by atoms with Crippen molar-refractivity contribution in [1.82, 2.24) is 4.90 Å². The number of nitrogens with zero attached hydrogens (tertiary/aromatic N) is 2. The Morgan fingerprint density at radius 1 is 1.13 bits per heavy atom. The van der Waals surface area contributed by atoms with Crippen molar-refractivity contribution in [2.75, 3.05) is 6.54 Å². The molecule has 0 bridgehead atoms. The predicted octanol–water partition coefficient (Wildman–Crippen LogP) is 3.49. The number of aryl methyl sites for hydroxylation is 1. The minimum Gasteiger partial charge on any atom is -0.333 e. The lowest BCUT2D eigenvalue weighted by Crippen LogP contribution is -2.36. The van der Waals surface area contributed by atoms with Crippen LogP contribution in [-0.4, -0.2) is 17.4 Å². The summed E-state index contributed by atoms with van der Waals surface area (Å²) in [5.74, 6) is -0.192. The fourth-order valence-electron chi connectivity index (χ4n) is 2.81. The molecule has 0 aliphatic carbocycles. The number of rotatable bonds is 2. The van der Waals surface area contributed by atoms with E-state index < -0.39 is 0 Å². The van der Waals surface area contributed by atoms with E-state index >= 15 is 0 Å². The molecule has 23 heavy (non-hydrogen) atoms. The van der Waals surface area contributed by atoms with Crippen LogP contribution < -0.4 is 0 Å². The van der Waals surface area contributed by atoms with E-state index in [1.807, 2.05) is 49.4 Å². The summed E-state index contributed by atoms with van der Waals surface area (Å²) in [5, 5.41) is 9.37. The lowest BCUT2D eigenvalue weighted by atomic mass is 9.99. The summed E-state index contributed by atoms with van der Waals surface area (Å²) in [4.78, 5) is 14.4. The van der Waals surface area contributed by atoms with Crippen molar-refractivity contribution >= 4 is 12.0 Å². The van der Waals surface area contributed by atoms with Gasteiger partial charge in [0, 0.05) is 13.1 Å². The van der Waals surface area contributed by atoms with Gasteiger partial charge in [0.2, 0.25) is 0 Å². The van der Waals surface area contributed by atoms with E-state index in [0.717, 1.165) is 17.5 Å². The Morgan fingerprint density at radius 2 is 1.83 bits per heavy atom. The summed E-state index contributed by atoms with van der Waals surface area (Å²) >= 11 is 0. The highest BCUT2D eigenvalue weighted by Crippen LogP contribution is 2.20. The molecule has 1 amide bonds. The first-order valence-electron chi connectivity index (χ1n) is 7.72. The van der Waals surface area contributed by atoms with Crippen LogP contribution in [0.2, 0.25) is 0 Å². The molecule has 2 aromatic rings. The molecule has 1 aliphatic rings. The van der Waals surface area contributed by atoms with Crippen LogP contribution in [0.4, 0.5) is 0 Å². The molecule has 0 N–H and O–H groups in total. The number of hydrogen-bond acceptors (Lipinski definition) is 2. The maximum atomic E-state index is 12.6. The zero-order chi connectivity index (χ0) is 16.2. The number of benzene rings is 2. The zero-order valence-corrected chi connectivity index (χ0v) is 13.1. The number of nitriles is 1. The van der Waals surface area contributed by atoms with Crippen molar-refractivity contribution in [1.29, 1.82) is 5.26 Å². The Kier molecular flexibility index (Phi) is 4.25. The van der Waals surface area contributed by atoms with Gasteiger partial charge in [-0.3, -0.25) is 4.79 Å². The second-order valence-electron chi connectivity index (χ2n) is 5.83. The number of carbonyl (C=O) groups is 1. The minimum absolute atomic E-state index is 0.188. The second-order valence-corrected chi connectivity index (χ2v) is 5.83. The molecule has 0 unspecified atom stereocenters. The van der Waals surface area contributed by atoms with Crippen molar-refractivity contribution in [3.05, 3.63) is 76.4 Å². The Balaban J connectivity index is 1.81. The predicted molar refractivity (Wildman–Crippen MR) is 90.3 cm³/mol. The molecule has 2 aromatic carbocycles. The molecule has 1 aliphatic heterocycles. The quantitative estimate of drug-likeness (QED) is 0.629. The van der Waals surface area contributed by atoms with Crippen molar-refractivity contribution in [2.45, 2.75) is 19.9 Å². The third-order valence-electron chi connectivity index (χ3n) is 4.16. The fourth-order valence-corrected chi connectivity index (χ4v) is 2.81. The van der Waals surface area contributed by atoms with E-state index in [9.17, 15) is 10.1 Å². The molecule has 0 saturated heterocycles. The summed E-state index contributed by atoms with van der Waals surface area (Å²) in [7, 11) is 0.